The summed E-state index contributed by atoms with van der Waals surface area (Å²) in [5.41, 5.74) is 4.59. The fourth-order valence-electron chi connectivity index (χ4n) is 3.05. The van der Waals surface area contributed by atoms with E-state index >= 15 is 0 Å². The third-order valence-electron chi connectivity index (χ3n) is 4.27. The molecule has 0 bridgehead atoms. The molecule has 4 rings (SSSR count). The van der Waals surface area contributed by atoms with Crippen LogP contribution in [0.25, 0.3) is 22.4 Å². The molecule has 0 N–H and O–H groups in total. The van der Waals surface area contributed by atoms with E-state index in [-0.39, 0.29) is 0 Å². The van der Waals surface area contributed by atoms with Crippen LogP contribution in [0.5, 0.6) is 0 Å². The lowest BCUT2D eigenvalue weighted by Crippen LogP contribution is -2.02. The number of fused-ring (bicyclic) bond motifs is 1. The van der Waals surface area contributed by atoms with E-state index in [1.165, 1.54) is 22.3 Å². The van der Waals surface area contributed by atoms with Gasteiger partial charge in [-0.3, -0.25) is 0 Å². The normalized spacial score (nSPS) is 11.5. The van der Waals surface area contributed by atoms with Gasteiger partial charge in [-0.1, -0.05) is 6.07 Å². The van der Waals surface area contributed by atoms with Crippen LogP contribution in [-0.2, 0) is 7.05 Å². The molecule has 0 aliphatic rings. The van der Waals surface area contributed by atoms with E-state index in [2.05, 4.69) is 94.6 Å². The Kier molecular flexibility index (Phi) is 3.20. The number of benzene rings is 1. The number of nitrogens with zero attached hydrogens (tertiary/aromatic N) is 4. The van der Waals surface area contributed by atoms with Gasteiger partial charge >= 0.3 is 0 Å². The second kappa shape index (κ2) is 5.13. The standard InChI is InChI=1S/C18H17BrN4/c1-12-4-5-13(2)22(12)18-11-17(19)23(20-18)15-7-6-14-8-9-21(3)16(14)10-15/h4-11H,1-3H3. The van der Waals surface area contributed by atoms with Crippen LogP contribution in [0.1, 0.15) is 11.4 Å². The first-order chi connectivity index (χ1) is 11.0. The van der Waals surface area contributed by atoms with E-state index in [0.29, 0.717) is 0 Å². The fraction of sp³-hybridized carbons (Fsp3) is 0.167. The Morgan fingerprint density at radius 2 is 1.70 bits per heavy atom. The molecule has 0 spiro atoms. The fourth-order valence-corrected chi connectivity index (χ4v) is 3.54. The van der Waals surface area contributed by atoms with Crippen molar-refractivity contribution < 1.29 is 0 Å². The van der Waals surface area contributed by atoms with Crippen LogP contribution < -0.4 is 0 Å². The zero-order valence-corrected chi connectivity index (χ0v) is 14.9. The van der Waals surface area contributed by atoms with Gasteiger partial charge in [0.05, 0.1) is 5.69 Å². The molecule has 3 heterocycles. The molecule has 0 amide bonds. The van der Waals surface area contributed by atoms with Gasteiger partial charge in [0.15, 0.2) is 5.82 Å². The maximum Gasteiger partial charge on any atom is 0.160 e. The van der Waals surface area contributed by atoms with Crippen molar-refractivity contribution >= 4 is 26.8 Å². The summed E-state index contributed by atoms with van der Waals surface area (Å²) in [5, 5.41) is 6.02. The lowest BCUT2D eigenvalue weighted by molar-refractivity contribution is 0.817. The largest absolute Gasteiger partial charge is 0.350 e. The highest BCUT2D eigenvalue weighted by Crippen LogP contribution is 2.25. The molecule has 0 saturated carbocycles. The van der Waals surface area contributed by atoms with E-state index in [9.17, 15) is 0 Å². The van der Waals surface area contributed by atoms with Crippen molar-refractivity contribution in [3.63, 3.8) is 0 Å². The van der Waals surface area contributed by atoms with Crippen molar-refractivity contribution in [3.8, 4) is 11.5 Å². The van der Waals surface area contributed by atoms with Gasteiger partial charge in [-0.15, -0.1) is 5.10 Å². The van der Waals surface area contributed by atoms with Crippen molar-refractivity contribution in [1.29, 1.82) is 0 Å². The molecule has 0 radical (unpaired) electrons. The minimum atomic E-state index is 0.920. The first kappa shape index (κ1) is 14.3. The van der Waals surface area contributed by atoms with Crippen molar-refractivity contribution in [2.24, 2.45) is 7.05 Å². The van der Waals surface area contributed by atoms with Gasteiger partial charge in [-0.25, -0.2) is 4.68 Å². The van der Waals surface area contributed by atoms with Crippen molar-refractivity contribution in [2.75, 3.05) is 0 Å². The van der Waals surface area contributed by atoms with E-state index in [1.807, 2.05) is 4.68 Å². The summed E-state index contributed by atoms with van der Waals surface area (Å²) in [5.74, 6) is 0.920. The number of hydrogen-bond donors (Lipinski definition) is 0. The SMILES string of the molecule is Cc1ccc(C)n1-c1cc(Br)n(-c2ccc3ccn(C)c3c2)n1. The number of hydrogen-bond acceptors (Lipinski definition) is 1. The van der Waals surface area contributed by atoms with Gasteiger partial charge in [0.25, 0.3) is 0 Å². The molecule has 4 aromatic rings. The molecule has 0 aliphatic heterocycles. The Labute approximate surface area is 143 Å². The summed E-state index contributed by atoms with van der Waals surface area (Å²) < 4.78 is 7.15. The first-order valence-electron chi connectivity index (χ1n) is 7.51. The number of aryl methyl sites for hydroxylation is 3. The molecular formula is C18H17BrN4. The molecule has 23 heavy (non-hydrogen) atoms. The average molecular weight is 369 g/mol. The zero-order valence-electron chi connectivity index (χ0n) is 13.3. The van der Waals surface area contributed by atoms with Crippen molar-refractivity contribution in [3.05, 3.63) is 64.7 Å². The third kappa shape index (κ3) is 2.23. The molecule has 0 atom stereocenters. The zero-order chi connectivity index (χ0) is 16.1. The summed E-state index contributed by atoms with van der Waals surface area (Å²) in [6.07, 6.45) is 2.07. The van der Waals surface area contributed by atoms with Crippen LogP contribution in [0, 0.1) is 13.8 Å². The number of aromatic nitrogens is 4. The highest BCUT2D eigenvalue weighted by atomic mass is 79.9. The van der Waals surface area contributed by atoms with Crippen LogP contribution in [0.4, 0.5) is 0 Å². The minimum absolute atomic E-state index is 0.920. The van der Waals surface area contributed by atoms with E-state index in [0.717, 1.165) is 16.1 Å². The minimum Gasteiger partial charge on any atom is -0.350 e. The van der Waals surface area contributed by atoms with Gasteiger partial charge in [-0.05, 0) is 65.5 Å². The van der Waals surface area contributed by atoms with Gasteiger partial charge in [0.1, 0.15) is 4.60 Å². The maximum absolute atomic E-state index is 4.79. The molecule has 0 fully saturated rings. The average Bonchev–Trinajstić information content (AvgIpc) is 3.18. The highest BCUT2D eigenvalue weighted by molar-refractivity contribution is 9.10. The Balaban J connectivity index is 1.87. The molecule has 1 aromatic carbocycles. The predicted molar refractivity (Wildman–Crippen MR) is 96.5 cm³/mol. The second-order valence-corrected chi connectivity index (χ2v) is 6.67. The molecule has 3 aromatic heterocycles. The quantitative estimate of drug-likeness (QED) is 0.510. The topological polar surface area (TPSA) is 27.7 Å². The first-order valence-corrected chi connectivity index (χ1v) is 8.30. The van der Waals surface area contributed by atoms with Gasteiger partial charge < -0.3 is 9.13 Å². The molecule has 0 unspecified atom stereocenters. The monoisotopic (exact) mass is 368 g/mol. The number of rotatable bonds is 2. The molecule has 116 valence electrons. The van der Waals surface area contributed by atoms with Crippen molar-refractivity contribution in [2.45, 2.75) is 13.8 Å². The van der Waals surface area contributed by atoms with Crippen LogP contribution >= 0.6 is 15.9 Å². The maximum atomic E-state index is 4.79. The molecule has 5 heteroatoms. The predicted octanol–water partition coefficient (Wildman–Crippen LogP) is 4.53. The summed E-state index contributed by atoms with van der Waals surface area (Å²) in [6, 6.07) is 14.8. The summed E-state index contributed by atoms with van der Waals surface area (Å²) in [7, 11) is 2.06. The Morgan fingerprint density at radius 1 is 0.957 bits per heavy atom. The Hall–Kier alpha value is -2.27. The van der Waals surface area contributed by atoms with E-state index in [4.69, 9.17) is 5.10 Å². The molecule has 0 saturated heterocycles. The lowest BCUT2D eigenvalue weighted by atomic mass is 10.2. The summed E-state index contributed by atoms with van der Waals surface area (Å²) in [6.45, 7) is 4.19. The third-order valence-corrected chi connectivity index (χ3v) is 4.83. The van der Waals surface area contributed by atoms with Crippen LogP contribution in [0.3, 0.4) is 0 Å². The Morgan fingerprint density at radius 3 is 2.43 bits per heavy atom. The van der Waals surface area contributed by atoms with Gasteiger partial charge in [0, 0.05) is 36.2 Å². The molecule has 0 aliphatic carbocycles. The van der Waals surface area contributed by atoms with Gasteiger partial charge in [-0.2, -0.15) is 0 Å². The number of halogens is 1. The second-order valence-electron chi connectivity index (χ2n) is 5.86. The van der Waals surface area contributed by atoms with Crippen LogP contribution in [0.2, 0.25) is 0 Å². The van der Waals surface area contributed by atoms with E-state index < -0.39 is 0 Å². The summed E-state index contributed by atoms with van der Waals surface area (Å²) in [4.78, 5) is 0. The molecular weight excluding hydrogens is 352 g/mol. The van der Waals surface area contributed by atoms with Gasteiger partial charge in [0.2, 0.25) is 0 Å². The highest BCUT2D eigenvalue weighted by Gasteiger charge is 2.12. The van der Waals surface area contributed by atoms with Crippen LogP contribution in [-0.4, -0.2) is 18.9 Å². The smallest absolute Gasteiger partial charge is 0.160 e. The molecule has 4 nitrogen and oxygen atoms in total. The van der Waals surface area contributed by atoms with Crippen molar-refractivity contribution in [1.82, 2.24) is 18.9 Å². The summed E-state index contributed by atoms with van der Waals surface area (Å²) >= 11 is 3.64. The Bertz CT molecular complexity index is 1000. The van der Waals surface area contributed by atoms with Crippen LogP contribution in [0.15, 0.2) is 53.3 Å². The van der Waals surface area contributed by atoms with E-state index in [1.54, 1.807) is 0 Å². The lowest BCUT2D eigenvalue weighted by Gasteiger charge is -2.06.